The lowest BCUT2D eigenvalue weighted by molar-refractivity contribution is -0.122. The zero-order valence-corrected chi connectivity index (χ0v) is 10.3. The fourth-order valence-corrected chi connectivity index (χ4v) is 1.28. The van der Waals surface area contributed by atoms with E-state index < -0.39 is 0 Å². The first-order valence-corrected chi connectivity index (χ1v) is 5.58. The Morgan fingerprint density at radius 1 is 1.44 bits per heavy atom. The van der Waals surface area contributed by atoms with E-state index in [1.54, 1.807) is 6.92 Å². The smallest absolute Gasteiger partial charge is 0.248 e. The maximum atomic E-state index is 11.5. The third-order valence-electron chi connectivity index (χ3n) is 2.24. The summed E-state index contributed by atoms with van der Waals surface area (Å²) >= 11 is 0. The second-order valence-corrected chi connectivity index (χ2v) is 4.40. The molecule has 5 heteroatoms. The number of carbonyl (C=O) groups is 1. The molecule has 1 heterocycles. The van der Waals surface area contributed by atoms with Crippen molar-refractivity contribution < 1.29 is 9.32 Å². The highest BCUT2D eigenvalue weighted by Gasteiger charge is 2.15. The lowest BCUT2D eigenvalue weighted by Crippen LogP contribution is -2.26. The average molecular weight is 225 g/mol. The van der Waals surface area contributed by atoms with Crippen LogP contribution in [0.1, 0.15) is 51.4 Å². The summed E-state index contributed by atoms with van der Waals surface area (Å²) in [6, 6.07) is -0.221. The first-order valence-electron chi connectivity index (χ1n) is 5.58. The first kappa shape index (κ1) is 12.7. The maximum absolute atomic E-state index is 11.5. The highest BCUT2D eigenvalue weighted by atomic mass is 16.5. The van der Waals surface area contributed by atoms with Crippen LogP contribution in [0.2, 0.25) is 0 Å². The van der Waals surface area contributed by atoms with Gasteiger partial charge in [0, 0.05) is 6.42 Å². The predicted octanol–water partition coefficient (Wildman–Crippen LogP) is 1.99. The fraction of sp³-hybridized carbons (Fsp3) is 0.727. The lowest BCUT2D eigenvalue weighted by atomic mass is 10.1. The molecule has 0 aliphatic carbocycles. The normalized spacial score (nSPS) is 12.8. The van der Waals surface area contributed by atoms with Gasteiger partial charge >= 0.3 is 0 Å². The van der Waals surface area contributed by atoms with Crippen LogP contribution in [0.25, 0.3) is 0 Å². The van der Waals surface area contributed by atoms with E-state index in [2.05, 4.69) is 29.3 Å². The van der Waals surface area contributed by atoms with Crippen molar-refractivity contribution in [2.24, 2.45) is 5.92 Å². The molecule has 0 aromatic carbocycles. The summed E-state index contributed by atoms with van der Waals surface area (Å²) in [5, 5.41) is 6.51. The second-order valence-electron chi connectivity index (χ2n) is 4.40. The number of carbonyl (C=O) groups excluding carboxylic acids is 1. The van der Waals surface area contributed by atoms with E-state index in [0.29, 0.717) is 24.1 Å². The van der Waals surface area contributed by atoms with Gasteiger partial charge < -0.3 is 9.84 Å². The Bertz CT molecular complexity index is 347. The minimum absolute atomic E-state index is 0.0250. The summed E-state index contributed by atoms with van der Waals surface area (Å²) < 4.78 is 4.98. The van der Waals surface area contributed by atoms with Gasteiger partial charge in [-0.2, -0.15) is 4.98 Å². The van der Waals surface area contributed by atoms with Crippen LogP contribution in [0.4, 0.5) is 0 Å². The van der Waals surface area contributed by atoms with Crippen LogP contribution in [-0.4, -0.2) is 16.0 Å². The number of hydrogen-bond acceptors (Lipinski definition) is 4. The number of nitrogens with one attached hydrogen (secondary N) is 1. The maximum Gasteiger partial charge on any atom is 0.248 e. The molecule has 0 spiro atoms. The summed E-state index contributed by atoms with van der Waals surface area (Å²) in [4.78, 5) is 15.6. The van der Waals surface area contributed by atoms with Crippen LogP contribution in [0.15, 0.2) is 4.52 Å². The number of aromatic nitrogens is 2. The third-order valence-corrected chi connectivity index (χ3v) is 2.24. The highest BCUT2D eigenvalue weighted by molar-refractivity contribution is 5.76. The molecule has 0 aliphatic heterocycles. The Kier molecular flexibility index (Phi) is 4.46. The van der Waals surface area contributed by atoms with E-state index in [-0.39, 0.29) is 11.9 Å². The minimum atomic E-state index is -0.221. The van der Waals surface area contributed by atoms with E-state index in [4.69, 9.17) is 4.52 Å². The van der Waals surface area contributed by atoms with E-state index in [1.807, 2.05) is 6.92 Å². The van der Waals surface area contributed by atoms with Gasteiger partial charge in [0.05, 0.1) is 0 Å². The van der Waals surface area contributed by atoms with Gasteiger partial charge in [-0.3, -0.25) is 4.79 Å². The fourth-order valence-electron chi connectivity index (χ4n) is 1.28. The monoisotopic (exact) mass is 225 g/mol. The van der Waals surface area contributed by atoms with Crippen molar-refractivity contribution in [1.82, 2.24) is 15.5 Å². The van der Waals surface area contributed by atoms with Gasteiger partial charge in [-0.15, -0.1) is 0 Å². The summed E-state index contributed by atoms with van der Waals surface area (Å²) in [6.07, 6.45) is 1.43. The van der Waals surface area contributed by atoms with Crippen molar-refractivity contribution in [2.45, 2.75) is 46.6 Å². The number of rotatable bonds is 5. The predicted molar refractivity (Wildman–Crippen MR) is 59.7 cm³/mol. The third kappa shape index (κ3) is 4.00. The Morgan fingerprint density at radius 3 is 2.62 bits per heavy atom. The van der Waals surface area contributed by atoms with Gasteiger partial charge in [0.15, 0.2) is 5.82 Å². The van der Waals surface area contributed by atoms with Crippen molar-refractivity contribution in [3.63, 3.8) is 0 Å². The van der Waals surface area contributed by atoms with Crippen LogP contribution < -0.4 is 5.32 Å². The largest absolute Gasteiger partial charge is 0.345 e. The number of amides is 1. The molecule has 0 aliphatic rings. The van der Waals surface area contributed by atoms with Gasteiger partial charge in [-0.25, -0.2) is 0 Å². The number of nitrogens with zero attached hydrogens (tertiary/aromatic N) is 2. The molecule has 0 radical (unpaired) electrons. The minimum Gasteiger partial charge on any atom is -0.345 e. The number of aryl methyl sites for hydroxylation is 1. The van der Waals surface area contributed by atoms with Crippen LogP contribution in [-0.2, 0) is 4.79 Å². The molecule has 1 atom stereocenters. The molecule has 1 aromatic heterocycles. The summed E-state index contributed by atoms with van der Waals surface area (Å²) in [6.45, 7) is 7.77. The van der Waals surface area contributed by atoms with Gasteiger partial charge in [0.25, 0.3) is 0 Å². The molecule has 0 unspecified atom stereocenters. The molecule has 1 aromatic rings. The zero-order valence-electron chi connectivity index (χ0n) is 10.3. The zero-order chi connectivity index (χ0) is 12.1. The number of hydrogen-bond donors (Lipinski definition) is 1. The van der Waals surface area contributed by atoms with Crippen molar-refractivity contribution in [1.29, 1.82) is 0 Å². The quantitative estimate of drug-likeness (QED) is 0.832. The first-order chi connectivity index (χ1) is 7.49. The SMILES string of the molecule is Cc1noc([C@H](C)NC(=O)CCC(C)C)n1. The molecular formula is C11H19N3O2. The van der Waals surface area contributed by atoms with Crippen LogP contribution in [0, 0.1) is 12.8 Å². The molecule has 16 heavy (non-hydrogen) atoms. The molecule has 1 N–H and O–H groups in total. The van der Waals surface area contributed by atoms with Gasteiger partial charge in [0.2, 0.25) is 11.8 Å². The Balaban J connectivity index is 2.39. The molecule has 0 saturated carbocycles. The van der Waals surface area contributed by atoms with E-state index in [0.717, 1.165) is 6.42 Å². The topological polar surface area (TPSA) is 68.0 Å². The van der Waals surface area contributed by atoms with Crippen LogP contribution >= 0.6 is 0 Å². The Labute approximate surface area is 95.6 Å². The molecular weight excluding hydrogens is 206 g/mol. The molecule has 0 fully saturated rings. The van der Waals surface area contributed by atoms with Crippen LogP contribution in [0.5, 0.6) is 0 Å². The summed E-state index contributed by atoms with van der Waals surface area (Å²) in [5.41, 5.74) is 0. The van der Waals surface area contributed by atoms with E-state index >= 15 is 0 Å². The average Bonchev–Trinajstić information content (AvgIpc) is 2.62. The van der Waals surface area contributed by atoms with Crippen LogP contribution in [0.3, 0.4) is 0 Å². The van der Waals surface area contributed by atoms with Crippen molar-refractivity contribution in [3.8, 4) is 0 Å². The molecule has 1 amide bonds. The van der Waals surface area contributed by atoms with Crippen molar-refractivity contribution >= 4 is 5.91 Å². The Morgan fingerprint density at radius 2 is 2.12 bits per heavy atom. The summed E-state index contributed by atoms with van der Waals surface area (Å²) in [7, 11) is 0. The molecule has 0 saturated heterocycles. The van der Waals surface area contributed by atoms with Crippen molar-refractivity contribution in [3.05, 3.63) is 11.7 Å². The molecule has 90 valence electrons. The van der Waals surface area contributed by atoms with Gasteiger partial charge in [-0.1, -0.05) is 19.0 Å². The van der Waals surface area contributed by atoms with Crippen molar-refractivity contribution in [2.75, 3.05) is 0 Å². The van der Waals surface area contributed by atoms with E-state index in [9.17, 15) is 4.79 Å². The van der Waals surface area contributed by atoms with Gasteiger partial charge in [-0.05, 0) is 26.2 Å². The summed E-state index contributed by atoms with van der Waals surface area (Å²) in [5.74, 6) is 1.59. The molecule has 0 bridgehead atoms. The molecule has 5 nitrogen and oxygen atoms in total. The second kappa shape index (κ2) is 5.63. The van der Waals surface area contributed by atoms with Gasteiger partial charge in [0.1, 0.15) is 6.04 Å². The lowest BCUT2D eigenvalue weighted by Gasteiger charge is -2.10. The highest BCUT2D eigenvalue weighted by Crippen LogP contribution is 2.10. The van der Waals surface area contributed by atoms with E-state index in [1.165, 1.54) is 0 Å². The molecule has 1 rings (SSSR count). The Hall–Kier alpha value is -1.39. The standard InChI is InChI=1S/C11H19N3O2/c1-7(2)5-6-10(15)12-8(3)11-13-9(4)14-16-11/h7-8H,5-6H2,1-4H3,(H,12,15)/t8-/m0/s1.